The van der Waals surface area contributed by atoms with E-state index in [1.54, 1.807) is 13.2 Å². The Kier molecular flexibility index (Phi) is 7.19. The van der Waals surface area contributed by atoms with E-state index in [4.69, 9.17) is 4.74 Å². The van der Waals surface area contributed by atoms with Crippen molar-refractivity contribution in [2.75, 3.05) is 39.9 Å². The van der Waals surface area contributed by atoms with Crippen molar-refractivity contribution < 1.29 is 4.74 Å². The fourth-order valence-electron chi connectivity index (χ4n) is 3.23. The Labute approximate surface area is 161 Å². The number of pyridine rings is 1. The molecule has 1 aromatic heterocycles. The molecule has 1 aliphatic heterocycles. The second-order valence-corrected chi connectivity index (χ2v) is 6.70. The highest BCUT2D eigenvalue weighted by Crippen LogP contribution is 2.21. The zero-order valence-electron chi connectivity index (χ0n) is 16.2. The van der Waals surface area contributed by atoms with Gasteiger partial charge < -0.3 is 15.4 Å². The molecule has 1 fully saturated rings. The number of aryl methyl sites for hydroxylation is 1. The number of ether oxygens (including phenoxy) is 1. The van der Waals surface area contributed by atoms with Crippen molar-refractivity contribution >= 4 is 5.96 Å². The van der Waals surface area contributed by atoms with Crippen LogP contribution in [-0.4, -0.2) is 55.7 Å². The van der Waals surface area contributed by atoms with Gasteiger partial charge in [0.05, 0.1) is 31.5 Å². The first-order valence-electron chi connectivity index (χ1n) is 9.49. The lowest BCUT2D eigenvalue weighted by Crippen LogP contribution is -2.46. The summed E-state index contributed by atoms with van der Waals surface area (Å²) in [6, 6.07) is 15.0. The number of guanidine groups is 1. The van der Waals surface area contributed by atoms with E-state index < -0.39 is 0 Å². The fourth-order valence-corrected chi connectivity index (χ4v) is 3.23. The van der Waals surface area contributed by atoms with E-state index in [9.17, 15) is 0 Å². The molecule has 0 spiro atoms. The van der Waals surface area contributed by atoms with E-state index in [1.165, 1.54) is 11.1 Å². The molecule has 144 valence electrons. The number of aliphatic imine (C=N–C) groups is 1. The summed E-state index contributed by atoms with van der Waals surface area (Å²) in [4.78, 5) is 11.2. The summed E-state index contributed by atoms with van der Waals surface area (Å²) in [5, 5.41) is 6.82. The van der Waals surface area contributed by atoms with E-state index in [2.05, 4.69) is 56.7 Å². The number of hydrogen-bond acceptors (Lipinski definition) is 4. The first-order chi connectivity index (χ1) is 13.3. The van der Waals surface area contributed by atoms with Gasteiger partial charge in [0.15, 0.2) is 5.96 Å². The summed E-state index contributed by atoms with van der Waals surface area (Å²) >= 11 is 0. The van der Waals surface area contributed by atoms with Crippen LogP contribution in [0.15, 0.2) is 53.7 Å². The molecule has 1 aliphatic rings. The molecule has 2 N–H and O–H groups in total. The minimum atomic E-state index is 0.280. The molecule has 6 nitrogen and oxygen atoms in total. The molecule has 1 aromatic carbocycles. The Bertz CT molecular complexity index is 711. The first kappa shape index (κ1) is 19.3. The Balaban J connectivity index is 1.62. The summed E-state index contributed by atoms with van der Waals surface area (Å²) in [5.74, 6) is 0.783. The highest BCUT2D eigenvalue weighted by Gasteiger charge is 2.22. The summed E-state index contributed by atoms with van der Waals surface area (Å²) < 4.78 is 5.53. The lowest BCUT2D eigenvalue weighted by molar-refractivity contribution is 0.0170. The predicted molar refractivity (Wildman–Crippen MR) is 109 cm³/mol. The number of morpholine rings is 1. The summed E-state index contributed by atoms with van der Waals surface area (Å²) in [6.45, 7) is 7.01. The molecule has 0 saturated carbocycles. The summed E-state index contributed by atoms with van der Waals surface area (Å²) in [5.41, 5.74) is 3.58. The van der Waals surface area contributed by atoms with Crippen LogP contribution in [0.1, 0.15) is 22.9 Å². The van der Waals surface area contributed by atoms with Crippen LogP contribution >= 0.6 is 0 Å². The molecule has 2 heterocycles. The average molecular weight is 367 g/mol. The molecule has 1 saturated heterocycles. The van der Waals surface area contributed by atoms with Crippen LogP contribution in [0.5, 0.6) is 0 Å². The molecule has 27 heavy (non-hydrogen) atoms. The van der Waals surface area contributed by atoms with Gasteiger partial charge in [0.2, 0.25) is 0 Å². The molecule has 1 atom stereocenters. The van der Waals surface area contributed by atoms with Gasteiger partial charge in [-0.3, -0.25) is 14.9 Å². The van der Waals surface area contributed by atoms with Gasteiger partial charge in [0.1, 0.15) is 0 Å². The van der Waals surface area contributed by atoms with E-state index in [-0.39, 0.29) is 6.04 Å². The quantitative estimate of drug-likeness (QED) is 0.605. The van der Waals surface area contributed by atoms with Gasteiger partial charge in [-0.2, -0.15) is 0 Å². The molecular formula is C21H29N5O. The maximum atomic E-state index is 5.53. The van der Waals surface area contributed by atoms with Gasteiger partial charge in [-0.25, -0.2) is 0 Å². The van der Waals surface area contributed by atoms with Gasteiger partial charge in [0, 0.05) is 32.9 Å². The number of nitrogens with zero attached hydrogens (tertiary/aromatic N) is 3. The number of nitrogens with one attached hydrogen (secondary N) is 2. The third-order valence-corrected chi connectivity index (χ3v) is 4.80. The number of aromatic nitrogens is 1. The molecule has 0 aliphatic carbocycles. The van der Waals surface area contributed by atoms with E-state index in [1.807, 2.05) is 18.2 Å². The Hall–Kier alpha value is -2.44. The Morgan fingerprint density at radius 2 is 1.93 bits per heavy atom. The third kappa shape index (κ3) is 5.77. The summed E-state index contributed by atoms with van der Waals surface area (Å²) in [6.07, 6.45) is 1.80. The van der Waals surface area contributed by atoms with Crippen LogP contribution in [0.25, 0.3) is 0 Å². The first-order valence-corrected chi connectivity index (χ1v) is 9.49. The van der Waals surface area contributed by atoms with Crippen molar-refractivity contribution in [3.63, 3.8) is 0 Å². The van der Waals surface area contributed by atoms with E-state index in [0.717, 1.165) is 44.5 Å². The van der Waals surface area contributed by atoms with E-state index in [0.29, 0.717) is 6.54 Å². The second-order valence-electron chi connectivity index (χ2n) is 6.70. The van der Waals surface area contributed by atoms with Crippen molar-refractivity contribution in [3.05, 3.63) is 65.5 Å². The minimum absolute atomic E-state index is 0.280. The number of hydrogen-bond donors (Lipinski definition) is 2. The molecule has 0 amide bonds. The molecule has 3 rings (SSSR count). The third-order valence-electron chi connectivity index (χ3n) is 4.80. The van der Waals surface area contributed by atoms with Crippen molar-refractivity contribution in [2.45, 2.75) is 19.5 Å². The van der Waals surface area contributed by atoms with Gasteiger partial charge >= 0.3 is 0 Å². The van der Waals surface area contributed by atoms with Crippen LogP contribution in [0.3, 0.4) is 0 Å². The molecular weight excluding hydrogens is 338 g/mol. The smallest absolute Gasteiger partial charge is 0.191 e. The molecule has 0 radical (unpaired) electrons. The van der Waals surface area contributed by atoms with Crippen molar-refractivity contribution in [1.82, 2.24) is 20.5 Å². The van der Waals surface area contributed by atoms with E-state index >= 15 is 0 Å². The molecule has 6 heteroatoms. The number of benzene rings is 1. The fraction of sp³-hybridized carbons (Fsp3) is 0.429. The standard InChI is InChI=1S/C21H29N5O/c1-17-6-8-18(9-7-17)20(26-11-13-27-14-12-26)16-25-21(22-2)24-15-19-5-3-4-10-23-19/h3-10,20H,11-16H2,1-2H3,(H2,22,24,25). The lowest BCUT2D eigenvalue weighted by atomic mass is 10.0. The number of rotatable bonds is 6. The zero-order valence-corrected chi connectivity index (χ0v) is 16.2. The Morgan fingerprint density at radius 3 is 2.59 bits per heavy atom. The highest BCUT2D eigenvalue weighted by atomic mass is 16.5. The summed E-state index contributed by atoms with van der Waals surface area (Å²) in [7, 11) is 1.80. The Morgan fingerprint density at radius 1 is 1.15 bits per heavy atom. The van der Waals surface area contributed by atoms with Crippen LogP contribution in [0.2, 0.25) is 0 Å². The second kappa shape index (κ2) is 10.0. The predicted octanol–water partition coefficient (Wildman–Crippen LogP) is 2.13. The normalized spacial score (nSPS) is 16.7. The largest absolute Gasteiger partial charge is 0.379 e. The average Bonchev–Trinajstić information content (AvgIpc) is 2.73. The van der Waals surface area contributed by atoms with Gasteiger partial charge in [-0.05, 0) is 24.6 Å². The zero-order chi connectivity index (χ0) is 18.9. The molecule has 1 unspecified atom stereocenters. The van der Waals surface area contributed by atoms with Crippen LogP contribution in [0, 0.1) is 6.92 Å². The van der Waals surface area contributed by atoms with Crippen molar-refractivity contribution in [3.8, 4) is 0 Å². The van der Waals surface area contributed by atoms with Crippen molar-refractivity contribution in [1.29, 1.82) is 0 Å². The van der Waals surface area contributed by atoms with Gasteiger partial charge in [0.25, 0.3) is 0 Å². The molecule has 2 aromatic rings. The maximum Gasteiger partial charge on any atom is 0.191 e. The minimum Gasteiger partial charge on any atom is -0.379 e. The topological polar surface area (TPSA) is 61.8 Å². The van der Waals surface area contributed by atoms with Gasteiger partial charge in [-0.1, -0.05) is 35.9 Å². The highest BCUT2D eigenvalue weighted by molar-refractivity contribution is 5.79. The van der Waals surface area contributed by atoms with Crippen LogP contribution < -0.4 is 10.6 Å². The van der Waals surface area contributed by atoms with Gasteiger partial charge in [-0.15, -0.1) is 0 Å². The molecule has 0 bridgehead atoms. The maximum absolute atomic E-state index is 5.53. The van der Waals surface area contributed by atoms with Crippen LogP contribution in [0.4, 0.5) is 0 Å². The van der Waals surface area contributed by atoms with Crippen LogP contribution in [-0.2, 0) is 11.3 Å². The SMILES string of the molecule is CN=C(NCc1ccccn1)NCC(c1ccc(C)cc1)N1CCOCC1. The van der Waals surface area contributed by atoms with Crippen molar-refractivity contribution in [2.24, 2.45) is 4.99 Å². The lowest BCUT2D eigenvalue weighted by Gasteiger charge is -2.35. The monoisotopic (exact) mass is 367 g/mol.